The molecule has 3 aromatic rings. The Bertz CT molecular complexity index is 986. The minimum Gasteiger partial charge on any atom is -0.486 e. The van der Waals surface area contributed by atoms with Crippen LogP contribution in [0.4, 0.5) is 5.82 Å². The van der Waals surface area contributed by atoms with Gasteiger partial charge in [0.05, 0.1) is 24.3 Å². The molecule has 1 aromatic carbocycles. The Morgan fingerprint density at radius 1 is 1.24 bits per heavy atom. The van der Waals surface area contributed by atoms with Crippen molar-refractivity contribution in [1.29, 1.82) is 0 Å². The highest BCUT2D eigenvalue weighted by molar-refractivity contribution is 5.93. The summed E-state index contributed by atoms with van der Waals surface area (Å²) >= 11 is 0. The molecular weight excluding hydrogens is 372 g/mol. The van der Waals surface area contributed by atoms with E-state index in [1.165, 1.54) is 0 Å². The van der Waals surface area contributed by atoms with Gasteiger partial charge in [-0.15, -0.1) is 0 Å². The number of hydrogen-bond donors (Lipinski definition) is 1. The number of carbonyl (C=O) groups excluding carboxylic acids is 1. The third-order valence-electron chi connectivity index (χ3n) is 4.52. The van der Waals surface area contributed by atoms with Crippen LogP contribution < -0.4 is 14.8 Å². The van der Waals surface area contributed by atoms with Crippen LogP contribution in [0.3, 0.4) is 0 Å². The van der Waals surface area contributed by atoms with E-state index in [2.05, 4.69) is 15.5 Å². The number of carbonyl (C=O) groups is 1. The van der Waals surface area contributed by atoms with Gasteiger partial charge in [0.25, 0.3) is 5.91 Å². The number of fused-ring (bicyclic) bond motifs is 1. The van der Waals surface area contributed by atoms with E-state index in [1.807, 2.05) is 37.3 Å². The smallest absolute Gasteiger partial charge is 0.255 e. The van der Waals surface area contributed by atoms with Gasteiger partial charge in [-0.05, 0) is 31.2 Å². The molecule has 0 saturated carbocycles. The number of pyridine rings is 1. The van der Waals surface area contributed by atoms with Crippen LogP contribution in [0, 0.1) is 6.92 Å². The number of nitrogens with one attached hydrogen (secondary N) is 1. The molecule has 0 fully saturated rings. The number of aromatic nitrogens is 2. The minimum absolute atomic E-state index is 0.127. The molecule has 1 atom stereocenters. The summed E-state index contributed by atoms with van der Waals surface area (Å²) in [7, 11) is 1.74. The fourth-order valence-electron chi connectivity index (χ4n) is 3.06. The number of ether oxygens (including phenoxy) is 2. The summed E-state index contributed by atoms with van der Waals surface area (Å²) in [6.07, 6.45) is 1.33. The van der Waals surface area contributed by atoms with E-state index in [0.717, 1.165) is 17.2 Å². The minimum atomic E-state index is -0.224. The number of aryl methyl sites for hydroxylation is 1. The first kappa shape index (κ1) is 18.8. The Labute approximate surface area is 168 Å². The van der Waals surface area contributed by atoms with Gasteiger partial charge in [0.2, 0.25) is 0 Å². The number of anilines is 1. The average molecular weight is 394 g/mol. The molecule has 2 aromatic heterocycles. The van der Waals surface area contributed by atoms with Crippen molar-refractivity contribution in [3.63, 3.8) is 0 Å². The molecule has 1 aliphatic heterocycles. The lowest BCUT2D eigenvalue weighted by atomic mass is 10.2. The second-order valence-electron chi connectivity index (χ2n) is 6.90. The second kappa shape index (κ2) is 8.22. The molecule has 0 aliphatic carbocycles. The van der Waals surface area contributed by atoms with Crippen LogP contribution in [0.15, 0.2) is 53.2 Å². The fourth-order valence-corrected chi connectivity index (χ4v) is 3.06. The largest absolute Gasteiger partial charge is 0.486 e. The summed E-state index contributed by atoms with van der Waals surface area (Å²) in [6, 6.07) is 12.9. The van der Waals surface area contributed by atoms with Gasteiger partial charge in [0.1, 0.15) is 12.4 Å². The number of rotatable bonds is 6. The Hall–Kier alpha value is -3.55. The number of hydrogen-bond acceptors (Lipinski definition) is 7. The fraction of sp³-hybridized carbons (Fsp3) is 0.286. The van der Waals surface area contributed by atoms with Crippen molar-refractivity contribution in [2.45, 2.75) is 19.6 Å². The van der Waals surface area contributed by atoms with E-state index in [9.17, 15) is 4.79 Å². The topological polar surface area (TPSA) is 89.7 Å². The molecule has 1 amide bonds. The van der Waals surface area contributed by atoms with Gasteiger partial charge in [-0.1, -0.05) is 17.3 Å². The van der Waals surface area contributed by atoms with Crippen molar-refractivity contribution in [3.05, 3.63) is 65.7 Å². The molecule has 1 N–H and O–H groups in total. The van der Waals surface area contributed by atoms with Gasteiger partial charge in [0, 0.05) is 19.3 Å². The number of benzene rings is 1. The number of nitrogens with zero attached hydrogens (tertiary/aromatic N) is 3. The van der Waals surface area contributed by atoms with E-state index in [1.54, 1.807) is 30.3 Å². The summed E-state index contributed by atoms with van der Waals surface area (Å²) < 4.78 is 16.8. The summed E-state index contributed by atoms with van der Waals surface area (Å²) in [5, 5.41) is 6.98. The van der Waals surface area contributed by atoms with E-state index >= 15 is 0 Å². The molecular formula is C21H22N4O4. The highest BCUT2D eigenvalue weighted by Crippen LogP contribution is 2.31. The van der Waals surface area contributed by atoms with Crippen LogP contribution in [0.25, 0.3) is 0 Å². The lowest BCUT2D eigenvalue weighted by Gasteiger charge is -2.29. The van der Waals surface area contributed by atoms with E-state index in [0.29, 0.717) is 36.8 Å². The third kappa shape index (κ3) is 4.48. The second-order valence-corrected chi connectivity index (χ2v) is 6.90. The zero-order valence-corrected chi connectivity index (χ0v) is 16.3. The molecule has 8 heteroatoms. The van der Waals surface area contributed by atoms with Crippen molar-refractivity contribution in [1.82, 2.24) is 15.0 Å². The number of para-hydroxylation sites is 2. The average Bonchev–Trinajstić information content (AvgIpc) is 3.17. The standard InChI is InChI=1S/C21H22N4O4/c1-14-9-16(29-24-14)11-23-20-8-7-15(10-22-20)21(26)25(2)12-17-13-27-18-5-3-4-6-19(18)28-17/h3-10,17H,11-13H2,1-2H3,(H,22,23)/t17-/m0/s1. The normalized spacial score (nSPS) is 15.0. The first-order valence-electron chi connectivity index (χ1n) is 9.34. The van der Waals surface area contributed by atoms with Crippen molar-refractivity contribution < 1.29 is 18.8 Å². The third-order valence-corrected chi connectivity index (χ3v) is 4.52. The van der Waals surface area contributed by atoms with Crippen molar-refractivity contribution >= 4 is 11.7 Å². The Balaban J connectivity index is 1.31. The van der Waals surface area contributed by atoms with Gasteiger partial charge in [-0.2, -0.15) is 0 Å². The first-order valence-corrected chi connectivity index (χ1v) is 9.34. The lowest BCUT2D eigenvalue weighted by Crippen LogP contribution is -2.41. The summed E-state index contributed by atoms with van der Waals surface area (Å²) in [5.41, 5.74) is 1.33. The van der Waals surface area contributed by atoms with Crippen LogP contribution in [0.5, 0.6) is 11.5 Å². The number of likely N-dealkylation sites (N-methyl/N-ethyl adjacent to an activating group) is 1. The molecule has 0 bridgehead atoms. The molecule has 0 saturated heterocycles. The van der Waals surface area contributed by atoms with Crippen molar-refractivity contribution in [3.8, 4) is 11.5 Å². The van der Waals surface area contributed by atoms with Crippen LogP contribution >= 0.6 is 0 Å². The predicted molar refractivity (Wildman–Crippen MR) is 106 cm³/mol. The first-order chi connectivity index (χ1) is 14.1. The van der Waals surface area contributed by atoms with Crippen LogP contribution in [-0.2, 0) is 6.54 Å². The van der Waals surface area contributed by atoms with E-state index in [4.69, 9.17) is 14.0 Å². The van der Waals surface area contributed by atoms with Crippen LogP contribution in [0.2, 0.25) is 0 Å². The molecule has 4 rings (SSSR count). The summed E-state index contributed by atoms with van der Waals surface area (Å²) in [4.78, 5) is 18.6. The Kier molecular flexibility index (Phi) is 5.33. The highest BCUT2D eigenvalue weighted by atomic mass is 16.6. The molecule has 0 unspecified atom stereocenters. The molecule has 8 nitrogen and oxygen atoms in total. The van der Waals surface area contributed by atoms with Gasteiger partial charge < -0.3 is 24.2 Å². The maximum Gasteiger partial charge on any atom is 0.255 e. The molecule has 3 heterocycles. The van der Waals surface area contributed by atoms with Gasteiger partial charge in [0.15, 0.2) is 23.4 Å². The highest BCUT2D eigenvalue weighted by Gasteiger charge is 2.24. The monoisotopic (exact) mass is 394 g/mol. The number of amides is 1. The SMILES string of the molecule is Cc1cc(CNc2ccc(C(=O)N(C)C[C@H]3COc4ccccc4O3)cn2)on1. The Morgan fingerprint density at radius 3 is 2.79 bits per heavy atom. The predicted octanol–water partition coefficient (Wildman–Crippen LogP) is 2.90. The van der Waals surface area contributed by atoms with Gasteiger partial charge in [-0.3, -0.25) is 4.79 Å². The molecule has 29 heavy (non-hydrogen) atoms. The van der Waals surface area contributed by atoms with Gasteiger partial charge >= 0.3 is 0 Å². The molecule has 150 valence electrons. The summed E-state index contributed by atoms with van der Waals surface area (Å²) in [5.74, 6) is 2.67. The quantitative estimate of drug-likeness (QED) is 0.687. The maximum absolute atomic E-state index is 12.7. The van der Waals surface area contributed by atoms with Crippen LogP contribution in [0.1, 0.15) is 21.8 Å². The van der Waals surface area contributed by atoms with Crippen molar-refractivity contribution in [2.75, 3.05) is 25.5 Å². The maximum atomic E-state index is 12.7. The lowest BCUT2D eigenvalue weighted by molar-refractivity contribution is 0.0520. The Morgan fingerprint density at radius 2 is 2.07 bits per heavy atom. The summed E-state index contributed by atoms with van der Waals surface area (Å²) in [6.45, 7) is 3.15. The molecule has 1 aliphatic rings. The van der Waals surface area contributed by atoms with Crippen LogP contribution in [-0.4, -0.2) is 47.3 Å². The van der Waals surface area contributed by atoms with Gasteiger partial charge in [-0.25, -0.2) is 4.98 Å². The zero-order valence-electron chi connectivity index (χ0n) is 16.3. The zero-order chi connectivity index (χ0) is 20.2. The molecule has 0 radical (unpaired) electrons. The van der Waals surface area contributed by atoms with Crippen molar-refractivity contribution in [2.24, 2.45) is 0 Å². The van der Waals surface area contributed by atoms with E-state index in [-0.39, 0.29) is 12.0 Å². The molecule has 0 spiro atoms. The van der Waals surface area contributed by atoms with E-state index < -0.39 is 0 Å².